The minimum absolute atomic E-state index is 0.0831. The molecule has 0 fully saturated rings. The molecular formula is C25H32Cl2N2O2S. The lowest BCUT2D eigenvalue weighted by molar-refractivity contribution is -0.139. The van der Waals surface area contributed by atoms with Gasteiger partial charge in [-0.3, -0.25) is 9.59 Å². The third kappa shape index (κ3) is 8.34. The Hall–Kier alpha value is -1.69. The first kappa shape index (κ1) is 26.6. The van der Waals surface area contributed by atoms with Gasteiger partial charge in [0.2, 0.25) is 11.8 Å². The molecule has 0 unspecified atom stereocenters. The number of carbonyl (C=O) groups is 2. The Morgan fingerprint density at radius 3 is 2.50 bits per heavy atom. The summed E-state index contributed by atoms with van der Waals surface area (Å²) < 4.78 is 0. The Bertz CT molecular complexity index is 921. The maximum atomic E-state index is 13.3. The normalized spacial score (nSPS) is 12.0. The highest BCUT2D eigenvalue weighted by Gasteiger charge is 2.29. The largest absolute Gasteiger partial charge is 0.354 e. The smallest absolute Gasteiger partial charge is 0.242 e. The molecule has 2 amide bonds. The number of thioether (sulfide) groups is 1. The van der Waals surface area contributed by atoms with Gasteiger partial charge in [-0.05, 0) is 42.5 Å². The standard InChI is InChI=1S/C25H32Cl2N2O2S/c1-5-23(25(31)28-13-17(2)3)29(14-20-9-10-21(26)12-22(20)27)24(30)16-32-15-19-8-6-7-18(4)11-19/h6-12,17,23H,5,13-16H2,1-4H3,(H,28,31)/t23-/m1/s1. The van der Waals surface area contributed by atoms with Gasteiger partial charge in [0.25, 0.3) is 0 Å². The molecule has 0 aliphatic heterocycles. The molecule has 7 heteroatoms. The van der Waals surface area contributed by atoms with Gasteiger partial charge in [0.1, 0.15) is 6.04 Å². The Labute approximate surface area is 206 Å². The van der Waals surface area contributed by atoms with E-state index in [4.69, 9.17) is 23.2 Å². The number of aryl methyl sites for hydroxylation is 1. The van der Waals surface area contributed by atoms with Crippen LogP contribution in [0.5, 0.6) is 0 Å². The molecule has 0 radical (unpaired) electrons. The Morgan fingerprint density at radius 2 is 1.88 bits per heavy atom. The molecule has 32 heavy (non-hydrogen) atoms. The molecule has 2 rings (SSSR count). The summed E-state index contributed by atoms with van der Waals surface area (Å²) in [5.74, 6) is 1.13. The van der Waals surface area contributed by atoms with E-state index in [9.17, 15) is 9.59 Å². The molecule has 0 saturated carbocycles. The van der Waals surface area contributed by atoms with E-state index in [1.54, 1.807) is 28.8 Å². The van der Waals surface area contributed by atoms with Gasteiger partial charge in [-0.1, -0.05) is 79.9 Å². The van der Waals surface area contributed by atoms with Gasteiger partial charge in [-0.2, -0.15) is 0 Å². The number of hydrogen-bond donors (Lipinski definition) is 1. The van der Waals surface area contributed by atoms with Gasteiger partial charge in [-0.15, -0.1) is 11.8 Å². The minimum Gasteiger partial charge on any atom is -0.354 e. The first-order chi connectivity index (χ1) is 15.2. The van der Waals surface area contributed by atoms with Gasteiger partial charge in [0.15, 0.2) is 0 Å². The van der Waals surface area contributed by atoms with Crippen LogP contribution in [0, 0.1) is 12.8 Å². The van der Waals surface area contributed by atoms with Gasteiger partial charge in [0.05, 0.1) is 5.75 Å². The van der Waals surface area contributed by atoms with Crippen LogP contribution in [0.2, 0.25) is 10.0 Å². The van der Waals surface area contributed by atoms with Gasteiger partial charge >= 0.3 is 0 Å². The third-order valence-corrected chi connectivity index (χ3v) is 6.58. The summed E-state index contributed by atoms with van der Waals surface area (Å²) >= 11 is 14.0. The Morgan fingerprint density at radius 1 is 1.12 bits per heavy atom. The second kappa shape index (κ2) is 13.1. The van der Waals surface area contributed by atoms with E-state index >= 15 is 0 Å². The van der Waals surface area contributed by atoms with Crippen LogP contribution in [0.1, 0.15) is 43.9 Å². The molecular weight excluding hydrogens is 463 g/mol. The molecule has 0 heterocycles. The first-order valence-corrected chi connectivity index (χ1v) is 12.8. The molecule has 0 bridgehead atoms. The zero-order chi connectivity index (χ0) is 23.7. The number of amides is 2. The average Bonchev–Trinajstić information content (AvgIpc) is 2.73. The summed E-state index contributed by atoms with van der Waals surface area (Å²) in [5.41, 5.74) is 3.14. The van der Waals surface area contributed by atoms with E-state index in [0.29, 0.717) is 28.9 Å². The molecule has 0 aliphatic carbocycles. The molecule has 0 aromatic heterocycles. The number of halogens is 2. The van der Waals surface area contributed by atoms with Crippen molar-refractivity contribution in [2.45, 2.75) is 52.5 Å². The van der Waals surface area contributed by atoms with Crippen molar-refractivity contribution in [1.82, 2.24) is 10.2 Å². The molecule has 0 spiro atoms. The number of hydrogen-bond acceptors (Lipinski definition) is 3. The quantitative estimate of drug-likeness (QED) is 0.409. The maximum Gasteiger partial charge on any atom is 0.242 e. The number of nitrogens with one attached hydrogen (secondary N) is 1. The van der Waals surface area contributed by atoms with Crippen molar-refractivity contribution in [1.29, 1.82) is 0 Å². The SMILES string of the molecule is CC[C@H](C(=O)NCC(C)C)N(Cc1ccc(Cl)cc1Cl)C(=O)CSCc1cccc(C)c1. The van der Waals surface area contributed by atoms with E-state index < -0.39 is 6.04 Å². The van der Waals surface area contributed by atoms with Crippen LogP contribution < -0.4 is 5.32 Å². The summed E-state index contributed by atoms with van der Waals surface area (Å²) in [6.45, 7) is 8.88. The summed E-state index contributed by atoms with van der Waals surface area (Å²) in [7, 11) is 0. The number of carbonyl (C=O) groups excluding carboxylic acids is 2. The van der Waals surface area contributed by atoms with Crippen LogP contribution in [0.25, 0.3) is 0 Å². The summed E-state index contributed by atoms with van der Waals surface area (Å²) in [4.78, 5) is 27.8. The second-order valence-electron chi connectivity index (χ2n) is 8.30. The molecule has 174 valence electrons. The lowest BCUT2D eigenvalue weighted by Crippen LogP contribution is -2.50. The predicted octanol–water partition coefficient (Wildman–Crippen LogP) is 6.11. The summed E-state index contributed by atoms with van der Waals surface area (Å²) in [6.07, 6.45) is 0.517. The predicted molar refractivity (Wildman–Crippen MR) is 136 cm³/mol. The maximum absolute atomic E-state index is 13.3. The van der Waals surface area contributed by atoms with Crippen molar-refractivity contribution in [2.24, 2.45) is 5.92 Å². The van der Waals surface area contributed by atoms with Crippen LogP contribution in [-0.2, 0) is 21.9 Å². The first-order valence-electron chi connectivity index (χ1n) is 10.9. The Balaban J connectivity index is 2.16. The van der Waals surface area contributed by atoms with E-state index in [1.807, 2.05) is 32.9 Å². The highest BCUT2D eigenvalue weighted by molar-refractivity contribution is 7.99. The van der Waals surface area contributed by atoms with Crippen LogP contribution >= 0.6 is 35.0 Å². The van der Waals surface area contributed by atoms with Crippen molar-refractivity contribution in [3.63, 3.8) is 0 Å². The van der Waals surface area contributed by atoms with Crippen molar-refractivity contribution < 1.29 is 9.59 Å². The summed E-state index contributed by atoms with van der Waals surface area (Å²) in [5, 5.41) is 3.99. The highest BCUT2D eigenvalue weighted by Crippen LogP contribution is 2.24. The zero-order valence-electron chi connectivity index (χ0n) is 19.2. The average molecular weight is 496 g/mol. The van der Waals surface area contributed by atoms with Crippen LogP contribution in [0.15, 0.2) is 42.5 Å². The van der Waals surface area contributed by atoms with E-state index in [2.05, 4.69) is 30.4 Å². The lowest BCUT2D eigenvalue weighted by Gasteiger charge is -2.31. The number of benzene rings is 2. The highest BCUT2D eigenvalue weighted by atomic mass is 35.5. The van der Waals surface area contributed by atoms with Gasteiger partial charge in [0, 0.05) is 28.9 Å². The van der Waals surface area contributed by atoms with Crippen LogP contribution in [0.4, 0.5) is 0 Å². The van der Waals surface area contributed by atoms with Crippen molar-refractivity contribution in [3.8, 4) is 0 Å². The van der Waals surface area contributed by atoms with Gasteiger partial charge < -0.3 is 10.2 Å². The summed E-state index contributed by atoms with van der Waals surface area (Å²) in [6, 6.07) is 12.9. The molecule has 1 atom stereocenters. The fourth-order valence-corrected chi connectivity index (χ4v) is 4.64. The lowest BCUT2D eigenvalue weighted by atomic mass is 10.1. The molecule has 2 aromatic rings. The third-order valence-electron chi connectivity index (χ3n) is 5.00. The van der Waals surface area contributed by atoms with E-state index in [-0.39, 0.29) is 24.1 Å². The van der Waals surface area contributed by atoms with E-state index in [0.717, 1.165) is 11.3 Å². The molecule has 0 aliphatic rings. The van der Waals surface area contributed by atoms with Crippen LogP contribution in [0.3, 0.4) is 0 Å². The van der Waals surface area contributed by atoms with Crippen molar-refractivity contribution >= 4 is 46.8 Å². The van der Waals surface area contributed by atoms with Crippen molar-refractivity contribution in [3.05, 3.63) is 69.2 Å². The molecule has 4 nitrogen and oxygen atoms in total. The van der Waals surface area contributed by atoms with E-state index in [1.165, 1.54) is 11.1 Å². The van der Waals surface area contributed by atoms with Crippen molar-refractivity contribution in [2.75, 3.05) is 12.3 Å². The number of rotatable bonds is 11. The monoisotopic (exact) mass is 494 g/mol. The van der Waals surface area contributed by atoms with Crippen LogP contribution in [-0.4, -0.2) is 35.1 Å². The fourth-order valence-electron chi connectivity index (χ4n) is 3.32. The minimum atomic E-state index is -0.562. The molecule has 2 aromatic carbocycles. The topological polar surface area (TPSA) is 49.4 Å². The fraction of sp³-hybridized carbons (Fsp3) is 0.440. The number of nitrogens with zero attached hydrogens (tertiary/aromatic N) is 1. The zero-order valence-corrected chi connectivity index (χ0v) is 21.5. The Kier molecular flexibility index (Phi) is 10.9. The molecule has 0 saturated heterocycles. The van der Waals surface area contributed by atoms with Gasteiger partial charge in [-0.25, -0.2) is 0 Å². The molecule has 1 N–H and O–H groups in total. The second-order valence-corrected chi connectivity index (χ2v) is 10.1.